The summed E-state index contributed by atoms with van der Waals surface area (Å²) in [5.41, 5.74) is 13.4. The van der Waals surface area contributed by atoms with Crippen molar-refractivity contribution in [2.45, 2.75) is 96.1 Å². The average Bonchev–Trinajstić information content (AvgIpc) is 4.38. The summed E-state index contributed by atoms with van der Waals surface area (Å²) in [5, 5.41) is 33.4. The quantitative estimate of drug-likeness (QED) is 0.0765. The van der Waals surface area contributed by atoms with Crippen molar-refractivity contribution in [3.8, 4) is 22.8 Å². The lowest BCUT2D eigenvalue weighted by atomic mass is 9.76. The molecule has 22 heteroatoms. The maximum Gasteiger partial charge on any atom is 0.437 e. The number of aromatic nitrogens is 14. The van der Waals surface area contributed by atoms with E-state index in [2.05, 4.69) is 86.8 Å². The van der Waals surface area contributed by atoms with Crippen LogP contribution >= 0.6 is 0 Å². The Morgan fingerprint density at radius 3 is 1.51 bits per heavy atom. The van der Waals surface area contributed by atoms with Crippen molar-refractivity contribution in [3.63, 3.8) is 0 Å². The minimum atomic E-state index is -1.13. The SMILES string of the molecule is CCn1nc(C2(c3cnn(C)c3)N[C@@H](c3ncc(-c4ccc(C)cn4)[nH]3)CC3=C2Nc2ccccc2C3)oc1=O.Cc1ccc(-c2cnc([C@H]3CC4=C(Nc5ccccc5C4)C(c4cnn(C)c4)(c4nn(C(C)C)c(=O)o4)N3)[nH]2)nc1. The third kappa shape index (κ3) is 8.92. The third-order valence-electron chi connectivity index (χ3n) is 15.6. The van der Waals surface area contributed by atoms with Gasteiger partial charge in [-0.05, 0) is 118 Å². The smallest absolute Gasteiger partial charge is 0.389 e. The van der Waals surface area contributed by atoms with Gasteiger partial charge in [-0.2, -0.15) is 19.6 Å². The molecule has 8 aromatic heterocycles. The minimum absolute atomic E-state index is 0.173. The number of para-hydroxylation sites is 2. The molecule has 4 aliphatic rings. The van der Waals surface area contributed by atoms with Crippen LogP contribution in [0.25, 0.3) is 22.8 Å². The third-order valence-corrected chi connectivity index (χ3v) is 15.6. The Morgan fingerprint density at radius 1 is 0.605 bits per heavy atom. The molecule has 4 atom stereocenters. The minimum Gasteiger partial charge on any atom is -0.389 e. The fourth-order valence-corrected chi connectivity index (χ4v) is 11.6. The number of hydrogen-bond donors (Lipinski definition) is 6. The number of hydrogen-bond acceptors (Lipinski definition) is 16. The molecule has 0 saturated carbocycles. The number of fused-ring (bicyclic) bond motifs is 2. The van der Waals surface area contributed by atoms with Crippen molar-refractivity contribution < 1.29 is 8.83 Å². The molecule has 0 saturated heterocycles. The van der Waals surface area contributed by atoms with Gasteiger partial charge in [0, 0.05) is 79.3 Å². The molecule has 4 aliphatic heterocycles. The van der Waals surface area contributed by atoms with Crippen molar-refractivity contribution >= 4 is 11.4 Å². The van der Waals surface area contributed by atoms with Gasteiger partial charge in [0.2, 0.25) is 11.8 Å². The first-order valence-corrected chi connectivity index (χ1v) is 27.1. The molecule has 0 bridgehead atoms. The van der Waals surface area contributed by atoms with Gasteiger partial charge in [0.25, 0.3) is 0 Å². The first-order valence-electron chi connectivity index (χ1n) is 27.1. The fourth-order valence-electron chi connectivity index (χ4n) is 11.6. The van der Waals surface area contributed by atoms with Crippen molar-refractivity contribution in [2.75, 3.05) is 10.6 Å². The molecule has 0 radical (unpaired) electrons. The molecule has 81 heavy (non-hydrogen) atoms. The summed E-state index contributed by atoms with van der Waals surface area (Å²) < 4.78 is 18.1. The van der Waals surface area contributed by atoms with Crippen LogP contribution in [0.5, 0.6) is 0 Å². The Hall–Kier alpha value is -9.54. The number of imidazole rings is 2. The highest BCUT2D eigenvalue weighted by Gasteiger charge is 2.54. The Labute approximate surface area is 464 Å². The van der Waals surface area contributed by atoms with E-state index >= 15 is 0 Å². The zero-order chi connectivity index (χ0) is 55.7. The Kier molecular flexibility index (Phi) is 12.6. The second-order valence-corrected chi connectivity index (χ2v) is 21.5. The van der Waals surface area contributed by atoms with E-state index in [9.17, 15) is 9.59 Å². The van der Waals surface area contributed by atoms with Gasteiger partial charge >= 0.3 is 11.5 Å². The number of H-pyrrole nitrogens is 2. The van der Waals surface area contributed by atoms with E-state index in [1.807, 2.05) is 128 Å². The summed E-state index contributed by atoms with van der Waals surface area (Å²) >= 11 is 0. The summed E-state index contributed by atoms with van der Waals surface area (Å²) in [6, 6.07) is 23.9. The lowest BCUT2D eigenvalue weighted by Gasteiger charge is -2.44. The van der Waals surface area contributed by atoms with E-state index < -0.39 is 22.6 Å². The van der Waals surface area contributed by atoms with Crippen LogP contribution in [-0.2, 0) is 44.6 Å². The zero-order valence-corrected chi connectivity index (χ0v) is 45.8. The number of nitrogens with one attached hydrogen (secondary N) is 6. The van der Waals surface area contributed by atoms with E-state index in [4.69, 9.17) is 23.9 Å². The summed E-state index contributed by atoms with van der Waals surface area (Å²) in [4.78, 5) is 51.5. The number of aromatic amines is 2. The highest BCUT2D eigenvalue weighted by atomic mass is 16.4. The maximum atomic E-state index is 13.0. The second kappa shape index (κ2) is 20.0. The van der Waals surface area contributed by atoms with Crippen molar-refractivity contribution in [1.82, 2.24) is 79.7 Å². The van der Waals surface area contributed by atoms with E-state index in [0.717, 1.165) is 92.3 Å². The first kappa shape index (κ1) is 50.9. The molecule has 410 valence electrons. The zero-order valence-electron chi connectivity index (χ0n) is 45.8. The topological polar surface area (TPSA) is 263 Å². The van der Waals surface area contributed by atoms with E-state index in [0.29, 0.717) is 19.4 Å². The lowest BCUT2D eigenvalue weighted by molar-refractivity contribution is 0.282. The van der Waals surface area contributed by atoms with Crippen LogP contribution in [0.4, 0.5) is 11.4 Å². The molecule has 0 aliphatic carbocycles. The molecule has 2 aromatic carbocycles. The lowest BCUT2D eigenvalue weighted by Crippen LogP contribution is -2.53. The highest BCUT2D eigenvalue weighted by molar-refractivity contribution is 5.67. The Bertz CT molecular complexity index is 4180. The summed E-state index contributed by atoms with van der Waals surface area (Å²) in [7, 11) is 3.73. The second-order valence-electron chi connectivity index (χ2n) is 21.5. The first-order chi connectivity index (χ1) is 39.3. The summed E-state index contributed by atoms with van der Waals surface area (Å²) in [5.74, 6) is 1.00. The standard InChI is InChI=1S/C30H31N9O2.C29H29N9O2/c1-17(2)39-29(40)41-28(37-39)30(21-14-33-38(4)16-21)26-20(11-19-7-5-6-8-22(19)34-26)12-24(36-30)27-32-15-25(35-27)23-10-9-18(3)13-31-23;1-4-38-28(39)40-27(36-38)29(20-14-32-37(3)16-20)25-19(11-18-7-5-6-8-21(18)33-25)12-23(35-29)26-31-15-24(34-26)22-10-9-17(2)13-30-22/h5-10,13-17,24,34,36H,11-12H2,1-4H3,(H,32,35);5-10,13-16,23,33,35H,4,11-12H2,1-3H3,(H,31,34)/t24-,30?;23-,29?/m11/s1. The molecule has 12 heterocycles. The van der Waals surface area contributed by atoms with Crippen LogP contribution in [0.1, 0.15) is 109 Å². The van der Waals surface area contributed by atoms with Gasteiger partial charge in [0.05, 0.1) is 65.7 Å². The molecule has 14 rings (SSSR count). The summed E-state index contributed by atoms with van der Waals surface area (Å²) in [6.45, 7) is 10.1. The predicted octanol–water partition coefficient (Wildman–Crippen LogP) is 7.73. The molecular formula is C59H60N18O4. The van der Waals surface area contributed by atoms with Crippen LogP contribution in [-0.4, -0.2) is 69.0 Å². The highest BCUT2D eigenvalue weighted by Crippen LogP contribution is 2.50. The van der Waals surface area contributed by atoms with E-state index in [1.54, 1.807) is 21.8 Å². The monoisotopic (exact) mass is 1080 g/mol. The molecule has 22 nitrogen and oxygen atoms in total. The Balaban J connectivity index is 0.000000153. The fraction of sp³-hybridized carbons (Fsp3) is 0.288. The van der Waals surface area contributed by atoms with Crippen molar-refractivity contribution in [2.24, 2.45) is 14.1 Å². The van der Waals surface area contributed by atoms with Crippen LogP contribution < -0.4 is 32.8 Å². The van der Waals surface area contributed by atoms with Gasteiger partial charge < -0.3 is 29.4 Å². The van der Waals surface area contributed by atoms with Gasteiger partial charge in [0.15, 0.2) is 11.1 Å². The number of nitrogens with zero attached hydrogens (tertiary/aromatic N) is 12. The van der Waals surface area contributed by atoms with Gasteiger partial charge in [0.1, 0.15) is 11.6 Å². The number of anilines is 2. The van der Waals surface area contributed by atoms with Crippen LogP contribution in [0.15, 0.2) is 163 Å². The van der Waals surface area contributed by atoms with E-state index in [1.165, 1.54) is 31.6 Å². The predicted molar refractivity (Wildman–Crippen MR) is 301 cm³/mol. The molecule has 6 N–H and O–H groups in total. The summed E-state index contributed by atoms with van der Waals surface area (Å²) in [6.07, 6.45) is 17.6. The van der Waals surface area contributed by atoms with Crippen molar-refractivity contribution in [1.29, 1.82) is 0 Å². The Morgan fingerprint density at radius 2 is 1.09 bits per heavy atom. The number of rotatable bonds is 10. The van der Waals surface area contributed by atoms with Crippen LogP contribution in [0.3, 0.4) is 0 Å². The number of aryl methyl sites for hydroxylation is 5. The van der Waals surface area contributed by atoms with Crippen molar-refractivity contribution in [3.05, 3.63) is 223 Å². The molecule has 0 spiro atoms. The van der Waals surface area contributed by atoms with Crippen LogP contribution in [0, 0.1) is 13.8 Å². The van der Waals surface area contributed by atoms with E-state index in [-0.39, 0.29) is 29.9 Å². The maximum absolute atomic E-state index is 13.0. The average molecular weight is 1090 g/mol. The molecule has 10 aromatic rings. The van der Waals surface area contributed by atoms with Gasteiger partial charge in [-0.15, -0.1) is 10.2 Å². The van der Waals surface area contributed by atoms with Crippen LogP contribution in [0.2, 0.25) is 0 Å². The molecule has 0 amide bonds. The van der Waals surface area contributed by atoms with Gasteiger partial charge in [-0.3, -0.25) is 30.0 Å². The number of benzene rings is 2. The molecule has 0 fully saturated rings. The normalized spacial score (nSPS) is 20.2. The van der Waals surface area contributed by atoms with Gasteiger partial charge in [-0.25, -0.2) is 19.6 Å². The molecular weight excluding hydrogens is 1020 g/mol. The number of pyridine rings is 2. The largest absolute Gasteiger partial charge is 0.437 e. The molecule has 2 unspecified atom stereocenters. The van der Waals surface area contributed by atoms with Gasteiger partial charge in [-0.1, -0.05) is 48.5 Å².